The van der Waals surface area contributed by atoms with Crippen LogP contribution >= 0.6 is 0 Å². The molecule has 0 aromatic carbocycles. The number of rotatable bonds is 7. The molecule has 0 saturated carbocycles. The number of hydrogen-bond acceptors (Lipinski definition) is 5. The molecule has 6 heteroatoms. The minimum atomic E-state index is -1.36. The van der Waals surface area contributed by atoms with Crippen molar-refractivity contribution in [1.29, 1.82) is 0 Å². The smallest absolute Gasteiger partial charge is 0.346 e. The fraction of sp³-hybridized carbons (Fsp3) is 0.875. The molecule has 1 saturated heterocycles. The van der Waals surface area contributed by atoms with E-state index in [0.29, 0.717) is 44.6 Å². The summed E-state index contributed by atoms with van der Waals surface area (Å²) in [6.07, 6.45) is 2.26. The minimum absolute atomic E-state index is 0.147. The number of carbonyl (C=O) groups excluding carboxylic acids is 2. The fourth-order valence-corrected chi connectivity index (χ4v) is 3.12. The highest BCUT2D eigenvalue weighted by molar-refractivity contribution is 5.89. The number of aliphatic hydroxyl groups is 1. The quantitative estimate of drug-likeness (QED) is 0.690. The van der Waals surface area contributed by atoms with Crippen molar-refractivity contribution in [2.45, 2.75) is 64.6 Å². The maximum absolute atomic E-state index is 12.9. The molecule has 1 aliphatic heterocycles. The van der Waals surface area contributed by atoms with Crippen LogP contribution in [0.1, 0.15) is 52.9 Å². The third-order valence-corrected chi connectivity index (χ3v) is 4.36. The van der Waals surface area contributed by atoms with Crippen LogP contribution in [0, 0.1) is 11.8 Å². The van der Waals surface area contributed by atoms with E-state index in [2.05, 4.69) is 0 Å². The van der Waals surface area contributed by atoms with Crippen LogP contribution in [-0.2, 0) is 14.3 Å². The van der Waals surface area contributed by atoms with Gasteiger partial charge in [-0.2, -0.15) is 0 Å². The van der Waals surface area contributed by atoms with Crippen LogP contribution in [0.4, 0.5) is 0 Å². The van der Waals surface area contributed by atoms with Crippen molar-refractivity contribution in [3.8, 4) is 0 Å². The van der Waals surface area contributed by atoms with Gasteiger partial charge >= 0.3 is 5.97 Å². The highest BCUT2D eigenvalue weighted by Crippen LogP contribution is 2.30. The van der Waals surface area contributed by atoms with Gasteiger partial charge in [0.2, 0.25) is 5.91 Å². The highest BCUT2D eigenvalue weighted by Gasteiger charge is 2.49. The van der Waals surface area contributed by atoms with Gasteiger partial charge < -0.3 is 14.7 Å². The molecule has 0 aromatic heterocycles. The summed E-state index contributed by atoms with van der Waals surface area (Å²) in [4.78, 5) is 26.3. The van der Waals surface area contributed by atoms with E-state index in [1.807, 2.05) is 20.8 Å². The van der Waals surface area contributed by atoms with Crippen molar-refractivity contribution in [2.75, 3.05) is 13.7 Å². The van der Waals surface area contributed by atoms with Gasteiger partial charge in [0.05, 0.1) is 13.2 Å². The van der Waals surface area contributed by atoms with Gasteiger partial charge in [-0.3, -0.25) is 10.5 Å². The summed E-state index contributed by atoms with van der Waals surface area (Å²) in [6, 6.07) is 0. The molecule has 0 radical (unpaired) electrons. The second kappa shape index (κ2) is 7.92. The molecule has 0 bridgehead atoms. The summed E-state index contributed by atoms with van der Waals surface area (Å²) in [7, 11) is 1.28. The molecule has 0 spiro atoms. The van der Waals surface area contributed by atoms with Gasteiger partial charge in [-0.05, 0) is 38.0 Å². The Hall–Kier alpha value is -1.14. The average molecular weight is 314 g/mol. The van der Waals surface area contributed by atoms with E-state index in [9.17, 15) is 14.7 Å². The Balaban J connectivity index is 2.94. The molecule has 0 aromatic rings. The SMILES string of the molecule is CCC(O)CC(CC(C)C)C(=O)N1CCC[C@@]1(N)C(=O)OC. The molecule has 22 heavy (non-hydrogen) atoms. The van der Waals surface area contributed by atoms with Crippen LogP contribution in [0.25, 0.3) is 0 Å². The lowest BCUT2D eigenvalue weighted by molar-refractivity contribution is -0.161. The van der Waals surface area contributed by atoms with Gasteiger partial charge in [-0.15, -0.1) is 0 Å². The van der Waals surface area contributed by atoms with E-state index in [0.717, 1.165) is 0 Å². The Morgan fingerprint density at radius 3 is 2.50 bits per heavy atom. The topological polar surface area (TPSA) is 92.9 Å². The molecule has 3 N–H and O–H groups in total. The number of aliphatic hydroxyl groups excluding tert-OH is 1. The number of carbonyl (C=O) groups is 2. The van der Waals surface area contributed by atoms with Gasteiger partial charge in [0.15, 0.2) is 5.66 Å². The molecule has 6 nitrogen and oxygen atoms in total. The summed E-state index contributed by atoms with van der Waals surface area (Å²) in [5.74, 6) is -0.712. The van der Waals surface area contributed by atoms with Crippen LogP contribution in [0.5, 0.6) is 0 Å². The van der Waals surface area contributed by atoms with Crippen molar-refractivity contribution in [2.24, 2.45) is 17.6 Å². The standard InChI is InChI=1S/C16H30N2O4/c1-5-13(19)10-12(9-11(2)3)14(20)18-8-6-7-16(18,17)15(21)22-4/h11-13,19H,5-10,17H2,1-4H3/t12?,13?,16-/m0/s1. The maximum atomic E-state index is 12.9. The van der Waals surface area contributed by atoms with E-state index < -0.39 is 17.7 Å². The van der Waals surface area contributed by atoms with Gasteiger partial charge in [0.1, 0.15) is 0 Å². The second-order valence-corrected chi connectivity index (χ2v) is 6.63. The number of nitrogens with zero attached hydrogens (tertiary/aromatic N) is 1. The van der Waals surface area contributed by atoms with Crippen LogP contribution in [0.2, 0.25) is 0 Å². The first-order chi connectivity index (χ1) is 10.3. The van der Waals surface area contributed by atoms with Crippen molar-refractivity contribution >= 4 is 11.9 Å². The third-order valence-electron chi connectivity index (χ3n) is 4.36. The highest BCUT2D eigenvalue weighted by atomic mass is 16.5. The van der Waals surface area contributed by atoms with Crippen LogP contribution < -0.4 is 5.73 Å². The Bertz CT molecular complexity index is 400. The summed E-state index contributed by atoms with van der Waals surface area (Å²) in [6.45, 7) is 6.43. The van der Waals surface area contributed by atoms with Crippen LogP contribution in [0.15, 0.2) is 0 Å². The van der Waals surface area contributed by atoms with Crippen LogP contribution in [0.3, 0.4) is 0 Å². The molecule has 2 unspecified atom stereocenters. The predicted octanol–water partition coefficient (Wildman–Crippen LogP) is 1.26. The molecule has 1 rings (SSSR count). The van der Waals surface area contributed by atoms with Gasteiger partial charge in [-0.1, -0.05) is 20.8 Å². The number of amides is 1. The normalized spacial score (nSPS) is 24.4. The van der Waals surface area contributed by atoms with Gasteiger partial charge in [0, 0.05) is 12.5 Å². The first kappa shape index (κ1) is 18.9. The minimum Gasteiger partial charge on any atom is -0.466 e. The average Bonchev–Trinajstić information content (AvgIpc) is 2.87. The second-order valence-electron chi connectivity index (χ2n) is 6.63. The Labute approximate surface area is 133 Å². The van der Waals surface area contributed by atoms with Gasteiger partial charge in [0.25, 0.3) is 0 Å². The lowest BCUT2D eigenvalue weighted by Gasteiger charge is -2.35. The van der Waals surface area contributed by atoms with E-state index in [-0.39, 0.29) is 11.8 Å². The summed E-state index contributed by atoms with van der Waals surface area (Å²) in [5.41, 5.74) is 4.80. The molecule has 1 amide bonds. The van der Waals surface area contributed by atoms with Crippen molar-refractivity contribution in [3.63, 3.8) is 0 Å². The Morgan fingerprint density at radius 1 is 1.36 bits per heavy atom. The molecule has 3 atom stereocenters. The number of methoxy groups -OCH3 is 1. The Morgan fingerprint density at radius 2 is 2.00 bits per heavy atom. The number of ether oxygens (including phenoxy) is 1. The third kappa shape index (κ3) is 4.20. The number of likely N-dealkylation sites (tertiary alicyclic amines) is 1. The fourth-order valence-electron chi connectivity index (χ4n) is 3.12. The largest absolute Gasteiger partial charge is 0.466 e. The summed E-state index contributed by atoms with van der Waals surface area (Å²) < 4.78 is 4.77. The number of nitrogens with two attached hydrogens (primary N) is 1. The summed E-state index contributed by atoms with van der Waals surface area (Å²) >= 11 is 0. The predicted molar refractivity (Wildman–Crippen MR) is 83.7 cm³/mol. The molecule has 128 valence electrons. The zero-order valence-corrected chi connectivity index (χ0v) is 14.2. The molecular formula is C16H30N2O4. The molecule has 1 aliphatic rings. The maximum Gasteiger partial charge on any atom is 0.346 e. The van der Waals surface area contributed by atoms with Crippen molar-refractivity contribution < 1.29 is 19.4 Å². The monoisotopic (exact) mass is 314 g/mol. The zero-order valence-electron chi connectivity index (χ0n) is 14.2. The lowest BCUT2D eigenvalue weighted by Crippen LogP contribution is -2.61. The van der Waals surface area contributed by atoms with E-state index in [1.165, 1.54) is 12.0 Å². The number of hydrogen-bond donors (Lipinski definition) is 2. The van der Waals surface area contributed by atoms with E-state index >= 15 is 0 Å². The molecule has 1 heterocycles. The summed E-state index contributed by atoms with van der Waals surface area (Å²) in [5, 5.41) is 9.92. The van der Waals surface area contributed by atoms with E-state index in [4.69, 9.17) is 10.5 Å². The zero-order chi connectivity index (χ0) is 16.9. The van der Waals surface area contributed by atoms with Crippen molar-refractivity contribution in [1.82, 2.24) is 4.90 Å². The molecule has 0 aliphatic carbocycles. The first-order valence-electron chi connectivity index (χ1n) is 8.13. The van der Waals surface area contributed by atoms with Crippen LogP contribution in [-0.4, -0.2) is 47.3 Å². The van der Waals surface area contributed by atoms with Gasteiger partial charge in [-0.25, -0.2) is 4.79 Å². The molecular weight excluding hydrogens is 284 g/mol. The van der Waals surface area contributed by atoms with Crippen molar-refractivity contribution in [3.05, 3.63) is 0 Å². The molecule has 1 fully saturated rings. The lowest BCUT2D eigenvalue weighted by atomic mass is 9.89. The Kier molecular flexibility index (Phi) is 6.81. The van der Waals surface area contributed by atoms with E-state index in [1.54, 1.807) is 0 Å². The first-order valence-corrected chi connectivity index (χ1v) is 8.13. The number of esters is 1.